The van der Waals surface area contributed by atoms with Gasteiger partial charge in [0.15, 0.2) is 0 Å². The second kappa shape index (κ2) is 6.42. The molecule has 1 N–H and O–H groups in total. The molecule has 0 bridgehead atoms. The maximum Gasteiger partial charge on any atom is 0.0787 e. The SMILES string of the molecule is CCC(O)c1ccc(N(CCC(C)C)C2CC2)cc1. The molecule has 2 heteroatoms. The zero-order valence-electron chi connectivity index (χ0n) is 12.5. The van der Waals surface area contributed by atoms with Gasteiger partial charge >= 0.3 is 0 Å². The highest BCUT2D eigenvalue weighted by Gasteiger charge is 2.29. The molecule has 1 aromatic rings. The van der Waals surface area contributed by atoms with Crippen molar-refractivity contribution in [3.8, 4) is 0 Å². The number of aliphatic hydroxyl groups is 1. The quantitative estimate of drug-likeness (QED) is 0.797. The van der Waals surface area contributed by atoms with Crippen LogP contribution in [0.1, 0.15) is 58.1 Å². The van der Waals surface area contributed by atoms with Gasteiger partial charge in [-0.15, -0.1) is 0 Å². The molecule has 1 aromatic carbocycles. The van der Waals surface area contributed by atoms with Crippen molar-refractivity contribution in [2.45, 2.75) is 58.6 Å². The van der Waals surface area contributed by atoms with Crippen LogP contribution in [0, 0.1) is 5.92 Å². The molecule has 2 nitrogen and oxygen atoms in total. The van der Waals surface area contributed by atoms with Gasteiger partial charge in [0, 0.05) is 18.3 Å². The van der Waals surface area contributed by atoms with E-state index >= 15 is 0 Å². The Hall–Kier alpha value is -1.02. The summed E-state index contributed by atoms with van der Waals surface area (Å²) >= 11 is 0. The van der Waals surface area contributed by atoms with Gasteiger partial charge in [-0.05, 0) is 49.3 Å². The first-order chi connectivity index (χ1) is 9.11. The third-order valence-corrected chi connectivity index (χ3v) is 3.93. The van der Waals surface area contributed by atoms with Gasteiger partial charge in [0.2, 0.25) is 0 Å². The fourth-order valence-electron chi connectivity index (χ4n) is 2.43. The number of aliphatic hydroxyl groups excluding tert-OH is 1. The van der Waals surface area contributed by atoms with Crippen LogP contribution in [0.4, 0.5) is 5.69 Å². The second-order valence-corrected chi connectivity index (χ2v) is 6.12. The van der Waals surface area contributed by atoms with E-state index in [0.29, 0.717) is 0 Å². The van der Waals surface area contributed by atoms with Crippen LogP contribution >= 0.6 is 0 Å². The zero-order valence-corrected chi connectivity index (χ0v) is 12.5. The molecule has 2 rings (SSSR count). The van der Waals surface area contributed by atoms with Crippen molar-refractivity contribution < 1.29 is 5.11 Å². The fraction of sp³-hybridized carbons (Fsp3) is 0.647. The van der Waals surface area contributed by atoms with Gasteiger partial charge in [0.1, 0.15) is 0 Å². The summed E-state index contributed by atoms with van der Waals surface area (Å²) in [5, 5.41) is 9.84. The molecule has 1 saturated carbocycles. The highest BCUT2D eigenvalue weighted by atomic mass is 16.3. The molecule has 1 fully saturated rings. The lowest BCUT2D eigenvalue weighted by Crippen LogP contribution is -2.27. The fourth-order valence-corrected chi connectivity index (χ4v) is 2.43. The van der Waals surface area contributed by atoms with E-state index in [2.05, 4.69) is 43.0 Å². The van der Waals surface area contributed by atoms with Crippen LogP contribution in [-0.2, 0) is 0 Å². The molecular formula is C17H27NO. The van der Waals surface area contributed by atoms with Gasteiger partial charge in [0.05, 0.1) is 6.10 Å². The minimum absolute atomic E-state index is 0.320. The molecule has 0 heterocycles. The number of nitrogens with zero attached hydrogens (tertiary/aromatic N) is 1. The average Bonchev–Trinajstić information content (AvgIpc) is 3.23. The molecule has 106 valence electrons. The predicted molar refractivity (Wildman–Crippen MR) is 81.5 cm³/mol. The topological polar surface area (TPSA) is 23.5 Å². The number of anilines is 1. The zero-order chi connectivity index (χ0) is 13.8. The first-order valence-electron chi connectivity index (χ1n) is 7.66. The molecule has 0 aromatic heterocycles. The van der Waals surface area contributed by atoms with Crippen LogP contribution in [0.3, 0.4) is 0 Å². The molecule has 1 aliphatic rings. The lowest BCUT2D eigenvalue weighted by molar-refractivity contribution is 0.173. The summed E-state index contributed by atoms with van der Waals surface area (Å²) in [4.78, 5) is 2.54. The van der Waals surface area contributed by atoms with Gasteiger partial charge in [-0.25, -0.2) is 0 Å². The van der Waals surface area contributed by atoms with Crippen LogP contribution < -0.4 is 4.90 Å². The van der Waals surface area contributed by atoms with Crippen LogP contribution in [0.5, 0.6) is 0 Å². The standard InChI is InChI=1S/C17H27NO/c1-4-17(19)14-5-7-15(8-6-14)18(16-9-10-16)12-11-13(2)3/h5-8,13,16-17,19H,4,9-12H2,1-3H3. The summed E-state index contributed by atoms with van der Waals surface area (Å²) < 4.78 is 0. The van der Waals surface area contributed by atoms with E-state index in [9.17, 15) is 5.11 Å². The van der Waals surface area contributed by atoms with Gasteiger partial charge in [0.25, 0.3) is 0 Å². The Morgan fingerprint density at radius 3 is 2.32 bits per heavy atom. The largest absolute Gasteiger partial charge is 0.388 e. The highest BCUT2D eigenvalue weighted by Crippen LogP contribution is 2.32. The van der Waals surface area contributed by atoms with E-state index in [-0.39, 0.29) is 6.10 Å². The second-order valence-electron chi connectivity index (χ2n) is 6.12. The van der Waals surface area contributed by atoms with Crippen molar-refractivity contribution in [1.29, 1.82) is 0 Å². The minimum Gasteiger partial charge on any atom is -0.388 e. The van der Waals surface area contributed by atoms with Crippen molar-refractivity contribution in [1.82, 2.24) is 0 Å². The maximum absolute atomic E-state index is 9.84. The Kier molecular flexibility index (Phi) is 4.87. The summed E-state index contributed by atoms with van der Waals surface area (Å²) in [5.74, 6) is 0.752. The first kappa shape index (κ1) is 14.4. The van der Waals surface area contributed by atoms with Crippen molar-refractivity contribution in [2.24, 2.45) is 5.92 Å². The van der Waals surface area contributed by atoms with E-state index in [1.165, 1.54) is 24.9 Å². The molecule has 0 aliphatic heterocycles. The van der Waals surface area contributed by atoms with Crippen molar-refractivity contribution in [2.75, 3.05) is 11.4 Å². The maximum atomic E-state index is 9.84. The van der Waals surface area contributed by atoms with Gasteiger partial charge in [-0.2, -0.15) is 0 Å². The summed E-state index contributed by atoms with van der Waals surface area (Å²) in [6, 6.07) is 9.25. The van der Waals surface area contributed by atoms with E-state index < -0.39 is 0 Å². The summed E-state index contributed by atoms with van der Waals surface area (Å²) in [7, 11) is 0. The van der Waals surface area contributed by atoms with E-state index in [1.54, 1.807) is 0 Å². The van der Waals surface area contributed by atoms with Crippen molar-refractivity contribution in [3.05, 3.63) is 29.8 Å². The monoisotopic (exact) mass is 261 g/mol. The normalized spacial score (nSPS) is 16.7. The third kappa shape index (κ3) is 3.97. The Bertz CT molecular complexity index is 381. The molecular weight excluding hydrogens is 234 g/mol. The predicted octanol–water partition coefficient (Wildman–Crippen LogP) is 4.14. The summed E-state index contributed by atoms with van der Waals surface area (Å²) in [6.07, 6.45) is 4.36. The Morgan fingerprint density at radius 1 is 1.21 bits per heavy atom. The van der Waals surface area contributed by atoms with Gasteiger partial charge in [-0.3, -0.25) is 0 Å². The van der Waals surface area contributed by atoms with Crippen LogP contribution in [0.2, 0.25) is 0 Å². The summed E-state index contributed by atoms with van der Waals surface area (Å²) in [6.45, 7) is 7.73. The Labute approximate surface area is 117 Å². The van der Waals surface area contributed by atoms with Crippen molar-refractivity contribution >= 4 is 5.69 Å². The van der Waals surface area contributed by atoms with Crippen LogP contribution in [0.25, 0.3) is 0 Å². The molecule has 0 spiro atoms. The minimum atomic E-state index is -0.320. The summed E-state index contributed by atoms with van der Waals surface area (Å²) in [5.41, 5.74) is 2.35. The van der Waals surface area contributed by atoms with Crippen LogP contribution in [0.15, 0.2) is 24.3 Å². The smallest absolute Gasteiger partial charge is 0.0787 e. The number of hydrogen-bond donors (Lipinski definition) is 1. The third-order valence-electron chi connectivity index (χ3n) is 3.93. The number of benzene rings is 1. The van der Waals surface area contributed by atoms with E-state index in [0.717, 1.165) is 30.5 Å². The first-order valence-corrected chi connectivity index (χ1v) is 7.66. The van der Waals surface area contributed by atoms with Gasteiger partial charge < -0.3 is 10.0 Å². The lowest BCUT2D eigenvalue weighted by atomic mass is 10.1. The van der Waals surface area contributed by atoms with E-state index in [4.69, 9.17) is 0 Å². The highest BCUT2D eigenvalue weighted by molar-refractivity contribution is 5.50. The Morgan fingerprint density at radius 2 is 1.84 bits per heavy atom. The molecule has 0 saturated heterocycles. The Balaban J connectivity index is 2.04. The molecule has 1 aliphatic carbocycles. The molecule has 1 atom stereocenters. The number of hydrogen-bond acceptors (Lipinski definition) is 2. The van der Waals surface area contributed by atoms with Crippen LogP contribution in [-0.4, -0.2) is 17.7 Å². The average molecular weight is 261 g/mol. The molecule has 19 heavy (non-hydrogen) atoms. The lowest BCUT2D eigenvalue weighted by Gasteiger charge is -2.26. The van der Waals surface area contributed by atoms with Gasteiger partial charge in [-0.1, -0.05) is 32.9 Å². The number of rotatable bonds is 7. The molecule has 0 radical (unpaired) electrons. The van der Waals surface area contributed by atoms with E-state index in [1.807, 2.05) is 6.92 Å². The molecule has 0 amide bonds. The van der Waals surface area contributed by atoms with Crippen molar-refractivity contribution in [3.63, 3.8) is 0 Å². The molecule has 1 unspecified atom stereocenters.